The summed E-state index contributed by atoms with van der Waals surface area (Å²) in [5.41, 5.74) is 4.64. The zero-order chi connectivity index (χ0) is 15.1. The molecule has 0 bridgehead atoms. The van der Waals surface area contributed by atoms with Gasteiger partial charge in [0.15, 0.2) is 10.4 Å². The lowest BCUT2D eigenvalue weighted by molar-refractivity contribution is 0.401. The minimum atomic E-state index is 0.482. The van der Waals surface area contributed by atoms with Crippen molar-refractivity contribution in [3.63, 3.8) is 0 Å². The number of imidazole rings is 1. The summed E-state index contributed by atoms with van der Waals surface area (Å²) < 4.78 is 8.80. The summed E-state index contributed by atoms with van der Waals surface area (Å²) in [6, 6.07) is 4.13. The molecule has 0 unspecified atom stereocenters. The van der Waals surface area contributed by atoms with Crippen molar-refractivity contribution in [3.05, 3.63) is 38.8 Å². The van der Waals surface area contributed by atoms with E-state index in [-0.39, 0.29) is 0 Å². The largest absolute Gasteiger partial charge is 0.479 e. The molecule has 0 aliphatic carbocycles. The first-order chi connectivity index (χ1) is 10.0. The number of benzene rings is 1. The van der Waals surface area contributed by atoms with Crippen LogP contribution in [0.4, 0.5) is 0 Å². The fourth-order valence-corrected chi connectivity index (χ4v) is 2.87. The Kier molecular flexibility index (Phi) is 3.54. The van der Waals surface area contributed by atoms with Crippen LogP contribution in [-0.2, 0) is 0 Å². The van der Waals surface area contributed by atoms with E-state index in [1.54, 1.807) is 7.11 Å². The van der Waals surface area contributed by atoms with Crippen molar-refractivity contribution in [2.75, 3.05) is 7.11 Å². The van der Waals surface area contributed by atoms with Gasteiger partial charge in [-0.2, -0.15) is 4.98 Å². The van der Waals surface area contributed by atoms with Crippen LogP contribution in [0.3, 0.4) is 0 Å². The van der Waals surface area contributed by atoms with Crippen LogP contribution in [0.1, 0.15) is 11.1 Å². The van der Waals surface area contributed by atoms with Crippen molar-refractivity contribution in [2.45, 2.75) is 13.8 Å². The van der Waals surface area contributed by atoms with Crippen LogP contribution in [0.2, 0.25) is 0 Å². The van der Waals surface area contributed by atoms with Crippen molar-refractivity contribution in [2.24, 2.45) is 0 Å². The lowest BCUT2D eigenvalue weighted by Crippen LogP contribution is -1.98. The normalized spacial score (nSPS) is 11.0. The van der Waals surface area contributed by atoms with Gasteiger partial charge in [-0.15, -0.1) is 0 Å². The van der Waals surface area contributed by atoms with Crippen molar-refractivity contribution in [3.8, 4) is 11.6 Å². The number of aromatic nitrogens is 4. The Morgan fingerprint density at radius 3 is 2.52 bits per heavy atom. The van der Waals surface area contributed by atoms with Crippen LogP contribution in [0.5, 0.6) is 5.88 Å². The summed E-state index contributed by atoms with van der Waals surface area (Å²) in [6.07, 6.45) is 1.47. The van der Waals surface area contributed by atoms with E-state index in [1.807, 2.05) is 4.57 Å². The lowest BCUT2D eigenvalue weighted by atomic mass is 10.1. The summed E-state index contributed by atoms with van der Waals surface area (Å²) in [5.74, 6) is 0.482. The van der Waals surface area contributed by atoms with Gasteiger partial charge in [-0.1, -0.05) is 15.9 Å². The minimum Gasteiger partial charge on any atom is -0.479 e. The van der Waals surface area contributed by atoms with Crippen molar-refractivity contribution in [1.29, 1.82) is 0 Å². The topological polar surface area (TPSA) is 55.7 Å². The van der Waals surface area contributed by atoms with Crippen LogP contribution >= 0.6 is 28.1 Å². The maximum absolute atomic E-state index is 5.43. The zero-order valence-electron chi connectivity index (χ0n) is 11.8. The van der Waals surface area contributed by atoms with E-state index >= 15 is 0 Å². The molecule has 0 radical (unpaired) electrons. The molecule has 0 aliphatic heterocycles. The number of nitrogens with zero attached hydrogens (tertiary/aromatic N) is 3. The molecule has 0 spiro atoms. The first kappa shape index (κ1) is 14.2. The van der Waals surface area contributed by atoms with Gasteiger partial charge in [-0.3, -0.25) is 4.57 Å². The van der Waals surface area contributed by atoms with Gasteiger partial charge in [0.05, 0.1) is 12.8 Å². The molecular formula is C14H13BrN4OS. The van der Waals surface area contributed by atoms with Gasteiger partial charge in [-0.25, -0.2) is 4.98 Å². The molecule has 5 nitrogen and oxygen atoms in total. The molecule has 2 aromatic heterocycles. The highest BCUT2D eigenvalue weighted by Gasteiger charge is 2.14. The molecule has 7 heteroatoms. The Hall–Kier alpha value is -1.73. The predicted octanol–water partition coefficient (Wildman–Crippen LogP) is 3.87. The molecule has 0 amide bonds. The summed E-state index contributed by atoms with van der Waals surface area (Å²) in [5, 5.41) is 0. The highest BCUT2D eigenvalue weighted by Crippen LogP contribution is 2.28. The fourth-order valence-electron chi connectivity index (χ4n) is 2.35. The van der Waals surface area contributed by atoms with Gasteiger partial charge in [0.2, 0.25) is 5.88 Å². The summed E-state index contributed by atoms with van der Waals surface area (Å²) >= 11 is 9.01. The average molecular weight is 365 g/mol. The Bertz CT molecular complexity index is 877. The molecule has 0 atom stereocenters. The van der Waals surface area contributed by atoms with Gasteiger partial charge in [-0.05, 0) is 49.3 Å². The predicted molar refractivity (Wildman–Crippen MR) is 87.8 cm³/mol. The molecule has 21 heavy (non-hydrogen) atoms. The third-order valence-electron chi connectivity index (χ3n) is 3.31. The number of aromatic amines is 1. The third-order valence-corrected chi connectivity index (χ3v) is 4.85. The molecule has 0 saturated heterocycles. The molecule has 2 heterocycles. The maximum Gasteiger partial charge on any atom is 0.242 e. The van der Waals surface area contributed by atoms with Crippen molar-refractivity contribution < 1.29 is 4.74 Å². The first-order valence-corrected chi connectivity index (χ1v) is 7.50. The SMILES string of the molecule is COc1ncnc2c1[nH]c(=S)n2-c1cc(C)c(Br)c(C)c1. The standard InChI is InChI=1S/C14H13BrN4OS/c1-7-4-9(5-8(2)10(7)15)19-12-11(18-14(19)21)13(20-3)17-6-16-12/h4-6H,1-3H3,(H,18,21). The van der Waals surface area contributed by atoms with E-state index < -0.39 is 0 Å². The number of hydrogen-bond acceptors (Lipinski definition) is 4. The minimum absolute atomic E-state index is 0.482. The molecule has 3 aromatic rings. The Labute approximate surface area is 135 Å². The van der Waals surface area contributed by atoms with E-state index in [4.69, 9.17) is 17.0 Å². The highest BCUT2D eigenvalue weighted by molar-refractivity contribution is 9.10. The summed E-state index contributed by atoms with van der Waals surface area (Å²) in [6.45, 7) is 4.10. The van der Waals surface area contributed by atoms with E-state index in [9.17, 15) is 0 Å². The monoisotopic (exact) mass is 364 g/mol. The van der Waals surface area contributed by atoms with Gasteiger partial charge >= 0.3 is 0 Å². The molecule has 0 aliphatic rings. The quantitative estimate of drug-likeness (QED) is 0.701. The molecular weight excluding hydrogens is 352 g/mol. The van der Waals surface area contributed by atoms with E-state index in [1.165, 1.54) is 6.33 Å². The van der Waals surface area contributed by atoms with E-state index in [0.717, 1.165) is 21.3 Å². The maximum atomic E-state index is 5.43. The van der Waals surface area contributed by atoms with Gasteiger partial charge in [0.1, 0.15) is 11.8 Å². The Morgan fingerprint density at radius 1 is 1.24 bits per heavy atom. The van der Waals surface area contributed by atoms with Gasteiger partial charge < -0.3 is 9.72 Å². The number of ether oxygens (including phenoxy) is 1. The number of H-pyrrole nitrogens is 1. The van der Waals surface area contributed by atoms with E-state index in [0.29, 0.717) is 21.8 Å². The molecule has 0 fully saturated rings. The summed E-state index contributed by atoms with van der Waals surface area (Å²) in [7, 11) is 1.57. The zero-order valence-corrected chi connectivity index (χ0v) is 14.2. The van der Waals surface area contributed by atoms with Crippen LogP contribution in [-0.4, -0.2) is 26.6 Å². The second-order valence-electron chi connectivity index (χ2n) is 4.74. The number of nitrogens with one attached hydrogen (secondary N) is 1. The first-order valence-electron chi connectivity index (χ1n) is 6.29. The fraction of sp³-hybridized carbons (Fsp3) is 0.214. The lowest BCUT2D eigenvalue weighted by Gasteiger charge is -2.09. The number of rotatable bonds is 2. The molecule has 1 N–H and O–H groups in total. The molecule has 0 saturated carbocycles. The molecule has 108 valence electrons. The van der Waals surface area contributed by atoms with Gasteiger partial charge in [0.25, 0.3) is 0 Å². The third kappa shape index (κ3) is 2.26. The molecule has 3 rings (SSSR count). The number of halogens is 1. The number of fused-ring (bicyclic) bond motifs is 1. The summed E-state index contributed by atoms with van der Waals surface area (Å²) in [4.78, 5) is 11.5. The molecule has 1 aromatic carbocycles. The highest BCUT2D eigenvalue weighted by atomic mass is 79.9. The van der Waals surface area contributed by atoms with E-state index in [2.05, 4.69) is 56.9 Å². The second-order valence-corrected chi connectivity index (χ2v) is 5.92. The Balaban J connectivity index is 2.36. The van der Waals surface area contributed by atoms with Crippen LogP contribution < -0.4 is 4.74 Å². The van der Waals surface area contributed by atoms with Crippen molar-refractivity contribution in [1.82, 2.24) is 19.5 Å². The van der Waals surface area contributed by atoms with Crippen LogP contribution in [0.15, 0.2) is 22.9 Å². The average Bonchev–Trinajstić information content (AvgIpc) is 2.80. The number of methoxy groups -OCH3 is 1. The number of aryl methyl sites for hydroxylation is 2. The van der Waals surface area contributed by atoms with Crippen LogP contribution in [0.25, 0.3) is 16.9 Å². The van der Waals surface area contributed by atoms with Crippen molar-refractivity contribution >= 4 is 39.3 Å². The Morgan fingerprint density at radius 2 is 1.90 bits per heavy atom. The smallest absolute Gasteiger partial charge is 0.242 e. The van der Waals surface area contributed by atoms with Crippen LogP contribution in [0, 0.1) is 18.6 Å². The second kappa shape index (κ2) is 5.23. The number of hydrogen-bond donors (Lipinski definition) is 1. The van der Waals surface area contributed by atoms with Gasteiger partial charge in [0, 0.05) is 4.47 Å².